The molecular weight excluding hydrogens is 507 g/mol. The Morgan fingerprint density at radius 2 is 1.87 bits per heavy atom. The molecule has 0 bridgehead atoms. The highest BCUT2D eigenvalue weighted by Crippen LogP contribution is 2.39. The summed E-state index contributed by atoms with van der Waals surface area (Å²) in [7, 11) is 1.52. The van der Waals surface area contributed by atoms with Gasteiger partial charge in [-0.2, -0.15) is 13.2 Å². The van der Waals surface area contributed by atoms with Crippen LogP contribution in [0, 0.1) is 6.92 Å². The summed E-state index contributed by atoms with van der Waals surface area (Å²) in [5.74, 6) is -3.45. The summed E-state index contributed by atoms with van der Waals surface area (Å²) in [6.07, 6.45) is -3.40. The van der Waals surface area contributed by atoms with Crippen LogP contribution in [0.4, 0.5) is 18.9 Å². The fraction of sp³-hybridized carbons (Fsp3) is 0.370. The number of carbonyl (C=O) groups is 3. The Morgan fingerprint density at radius 3 is 2.53 bits per heavy atom. The first kappa shape index (κ1) is 28.7. The zero-order valence-corrected chi connectivity index (χ0v) is 21.2. The van der Waals surface area contributed by atoms with Crippen LogP contribution in [0.1, 0.15) is 57.9 Å². The van der Waals surface area contributed by atoms with E-state index in [0.717, 1.165) is 5.56 Å². The number of cyclic esters (lactones) is 1. The molecular formula is C27H28F3NO7. The van der Waals surface area contributed by atoms with Crippen LogP contribution in [0.5, 0.6) is 5.75 Å². The fourth-order valence-corrected chi connectivity index (χ4v) is 4.17. The Kier molecular flexibility index (Phi) is 9.16. The number of carbonyl (C=O) groups excluding carboxylic acids is 2. The average Bonchev–Trinajstić information content (AvgIpc) is 3.25. The summed E-state index contributed by atoms with van der Waals surface area (Å²) >= 11 is 0. The summed E-state index contributed by atoms with van der Waals surface area (Å²) in [5, 5.41) is 10.8. The number of rotatable bonds is 11. The van der Waals surface area contributed by atoms with Crippen LogP contribution in [0.2, 0.25) is 0 Å². The van der Waals surface area contributed by atoms with Crippen LogP contribution in [-0.2, 0) is 45.3 Å². The number of carboxylic acid groups (broad SMARTS) is 1. The summed E-state index contributed by atoms with van der Waals surface area (Å²) in [5.41, 5.74) is 2.75. The second-order valence-electron chi connectivity index (χ2n) is 8.79. The molecule has 1 aliphatic rings. The molecule has 11 heteroatoms. The molecule has 204 valence electrons. The van der Waals surface area contributed by atoms with E-state index in [-0.39, 0.29) is 55.9 Å². The number of carboxylic acids is 1. The number of amides is 1. The topological polar surface area (TPSA) is 111 Å². The molecule has 0 radical (unpaired) electrons. The molecule has 0 saturated heterocycles. The number of hydrogen-bond donors (Lipinski definition) is 2. The van der Waals surface area contributed by atoms with Gasteiger partial charge >= 0.3 is 24.0 Å². The van der Waals surface area contributed by atoms with E-state index in [1.54, 1.807) is 32.1 Å². The largest absolute Gasteiger partial charge is 0.496 e. The molecule has 0 saturated carbocycles. The van der Waals surface area contributed by atoms with E-state index in [1.807, 2.05) is 17.4 Å². The van der Waals surface area contributed by atoms with Gasteiger partial charge in [-0.3, -0.25) is 9.59 Å². The van der Waals surface area contributed by atoms with Gasteiger partial charge in [0.15, 0.2) is 0 Å². The molecule has 0 fully saturated rings. The van der Waals surface area contributed by atoms with Crippen molar-refractivity contribution in [2.45, 2.75) is 59.1 Å². The third-order valence-electron chi connectivity index (χ3n) is 6.26. The molecule has 2 N–H and O–H groups in total. The number of nitrogens with one attached hydrogen (secondary N) is 1. The third kappa shape index (κ3) is 6.71. The van der Waals surface area contributed by atoms with Crippen LogP contribution < -0.4 is 10.1 Å². The van der Waals surface area contributed by atoms with Crippen molar-refractivity contribution in [3.05, 3.63) is 69.3 Å². The Labute approximate surface area is 217 Å². The first-order valence-electron chi connectivity index (χ1n) is 11.7. The van der Waals surface area contributed by atoms with Gasteiger partial charge in [-0.15, -0.1) is 0 Å². The number of halogens is 3. The molecule has 0 aliphatic carbocycles. The normalized spacial score (nSPS) is 13.2. The fourth-order valence-electron chi connectivity index (χ4n) is 4.17. The predicted molar refractivity (Wildman–Crippen MR) is 131 cm³/mol. The van der Waals surface area contributed by atoms with Crippen LogP contribution in [0.15, 0.2) is 35.9 Å². The van der Waals surface area contributed by atoms with E-state index in [2.05, 4.69) is 0 Å². The third-order valence-corrected chi connectivity index (χ3v) is 6.26. The van der Waals surface area contributed by atoms with Crippen molar-refractivity contribution in [3.8, 4) is 5.75 Å². The summed E-state index contributed by atoms with van der Waals surface area (Å²) < 4.78 is 56.0. The molecule has 0 atom stereocenters. The van der Waals surface area contributed by atoms with Gasteiger partial charge in [0.2, 0.25) is 0 Å². The van der Waals surface area contributed by atoms with Crippen molar-refractivity contribution < 1.29 is 46.9 Å². The Bertz CT molecular complexity index is 1270. The molecule has 8 nitrogen and oxygen atoms in total. The summed E-state index contributed by atoms with van der Waals surface area (Å²) in [6.45, 7) is 3.35. The standard InChI is InChI=1S/C27H28F3NO7/c1-15(9-11-22(32)33)8-10-18-19(13-37-12-17-6-4-5-7-21(17)36-3)16(2)20-14-38-25(34)23(20)24(18)31-26(35)27(28,29)30/h4-8H,9-14H2,1-3H3,(H,31,35)(H,32,33)/b15-8+. The number of aliphatic carboxylic acids is 1. The minimum absolute atomic E-state index is 0.0215. The SMILES string of the molecule is COc1ccccc1COCc1c(C)c2c(c(NC(=O)C(F)(F)F)c1C/C=C(\C)CCC(=O)O)C(=O)OC2. The maximum atomic E-state index is 13.2. The van der Waals surface area contributed by atoms with Gasteiger partial charge < -0.3 is 24.6 Å². The van der Waals surface area contributed by atoms with E-state index >= 15 is 0 Å². The predicted octanol–water partition coefficient (Wildman–Crippen LogP) is 5.25. The molecule has 38 heavy (non-hydrogen) atoms. The number of alkyl halides is 3. The molecule has 0 unspecified atom stereocenters. The number of ether oxygens (including phenoxy) is 3. The smallest absolute Gasteiger partial charge is 0.471 e. The number of methoxy groups -OCH3 is 1. The molecule has 2 aromatic rings. The maximum Gasteiger partial charge on any atom is 0.471 e. The zero-order valence-electron chi connectivity index (χ0n) is 21.2. The lowest BCUT2D eigenvalue weighted by molar-refractivity contribution is -0.167. The van der Waals surface area contributed by atoms with E-state index in [9.17, 15) is 27.6 Å². The number of benzene rings is 2. The molecule has 1 amide bonds. The maximum absolute atomic E-state index is 13.2. The van der Waals surface area contributed by atoms with Crippen LogP contribution in [0.25, 0.3) is 0 Å². The van der Waals surface area contributed by atoms with Crippen LogP contribution in [0.3, 0.4) is 0 Å². The highest BCUT2D eigenvalue weighted by atomic mass is 19.4. The van der Waals surface area contributed by atoms with Gasteiger partial charge in [0.25, 0.3) is 0 Å². The van der Waals surface area contributed by atoms with Gasteiger partial charge in [-0.1, -0.05) is 29.8 Å². The lowest BCUT2D eigenvalue weighted by Crippen LogP contribution is -2.31. The molecule has 2 aromatic carbocycles. The Balaban J connectivity index is 2.06. The van der Waals surface area contributed by atoms with E-state index in [0.29, 0.717) is 28.0 Å². The highest BCUT2D eigenvalue weighted by Gasteiger charge is 2.41. The zero-order chi connectivity index (χ0) is 28.0. The van der Waals surface area contributed by atoms with Crippen molar-refractivity contribution in [3.63, 3.8) is 0 Å². The lowest BCUT2D eigenvalue weighted by atomic mass is 9.89. The Morgan fingerprint density at radius 1 is 1.16 bits per heavy atom. The molecule has 3 rings (SSSR count). The number of fused-ring (bicyclic) bond motifs is 1. The van der Waals surface area contributed by atoms with Crippen LogP contribution in [-0.4, -0.2) is 36.2 Å². The van der Waals surface area contributed by atoms with E-state index in [4.69, 9.17) is 19.3 Å². The van der Waals surface area contributed by atoms with Gasteiger partial charge in [-0.25, -0.2) is 4.79 Å². The number of esters is 1. The van der Waals surface area contributed by atoms with E-state index in [1.165, 1.54) is 7.11 Å². The molecule has 1 heterocycles. The monoisotopic (exact) mass is 535 g/mol. The second-order valence-corrected chi connectivity index (χ2v) is 8.79. The number of anilines is 1. The number of hydrogen-bond acceptors (Lipinski definition) is 6. The van der Waals surface area contributed by atoms with Gasteiger partial charge in [0, 0.05) is 17.5 Å². The van der Waals surface area contributed by atoms with Crippen molar-refractivity contribution in [2.75, 3.05) is 12.4 Å². The number of allylic oxidation sites excluding steroid dienone is 2. The Hall–Kier alpha value is -3.86. The van der Waals surface area contributed by atoms with Crippen LogP contribution >= 0.6 is 0 Å². The first-order valence-corrected chi connectivity index (χ1v) is 11.7. The van der Waals surface area contributed by atoms with Crippen molar-refractivity contribution in [1.82, 2.24) is 0 Å². The molecule has 1 aliphatic heterocycles. The highest BCUT2D eigenvalue weighted by molar-refractivity contribution is 6.06. The van der Waals surface area contributed by atoms with E-state index < -0.39 is 24.0 Å². The number of para-hydroxylation sites is 1. The minimum atomic E-state index is -5.19. The summed E-state index contributed by atoms with van der Waals surface area (Å²) in [4.78, 5) is 35.4. The van der Waals surface area contributed by atoms with Gasteiger partial charge in [0.1, 0.15) is 12.4 Å². The molecule has 0 spiro atoms. The van der Waals surface area contributed by atoms with Crippen molar-refractivity contribution in [2.24, 2.45) is 0 Å². The first-order chi connectivity index (χ1) is 17.9. The second kappa shape index (κ2) is 12.1. The van der Waals surface area contributed by atoms with Crippen molar-refractivity contribution >= 4 is 23.5 Å². The van der Waals surface area contributed by atoms with Gasteiger partial charge in [0.05, 0.1) is 31.6 Å². The average molecular weight is 536 g/mol. The minimum Gasteiger partial charge on any atom is -0.496 e. The summed E-state index contributed by atoms with van der Waals surface area (Å²) in [6, 6.07) is 7.19. The van der Waals surface area contributed by atoms with Crippen molar-refractivity contribution in [1.29, 1.82) is 0 Å². The molecule has 0 aromatic heterocycles. The van der Waals surface area contributed by atoms with Gasteiger partial charge in [-0.05, 0) is 49.4 Å². The quantitative estimate of drug-likeness (QED) is 0.299. The lowest BCUT2D eigenvalue weighted by Gasteiger charge is -2.21.